The Kier molecular flexibility index (Phi) is 7.28. The number of nitrogens with zero attached hydrogens (tertiary/aromatic N) is 1. The summed E-state index contributed by atoms with van der Waals surface area (Å²) in [6, 6.07) is 0.0854. The summed E-state index contributed by atoms with van der Waals surface area (Å²) in [5, 5.41) is 2.94. The van der Waals surface area contributed by atoms with Crippen molar-refractivity contribution < 1.29 is 14.3 Å². The largest absolute Gasteiger partial charge is 0.469 e. The first-order chi connectivity index (χ1) is 7.51. The van der Waals surface area contributed by atoms with Crippen LogP contribution < -0.4 is 11.1 Å². The van der Waals surface area contributed by atoms with Crippen LogP contribution in [0.2, 0.25) is 0 Å². The molecule has 2 unspecified atom stereocenters. The van der Waals surface area contributed by atoms with E-state index in [1.807, 2.05) is 6.92 Å². The molecule has 0 aliphatic heterocycles. The molecule has 2 atom stereocenters. The summed E-state index contributed by atoms with van der Waals surface area (Å²) in [5.74, 6) is -0.273. The summed E-state index contributed by atoms with van der Waals surface area (Å²) < 4.78 is 9.51. The van der Waals surface area contributed by atoms with E-state index in [0.717, 1.165) is 0 Å². The van der Waals surface area contributed by atoms with Crippen molar-refractivity contribution in [2.75, 3.05) is 27.4 Å². The number of rotatable bonds is 6. The number of carbonyl (C=O) groups excluding carboxylic acids is 1. The molecule has 0 aliphatic carbocycles. The Morgan fingerprint density at radius 2 is 2.06 bits per heavy atom. The number of esters is 1. The van der Waals surface area contributed by atoms with Crippen LogP contribution in [0.1, 0.15) is 13.8 Å². The lowest BCUT2D eigenvalue weighted by molar-refractivity contribution is -0.144. The molecule has 3 N–H and O–H groups in total. The van der Waals surface area contributed by atoms with E-state index in [1.54, 1.807) is 14.0 Å². The third-order valence-corrected chi connectivity index (χ3v) is 1.95. The van der Waals surface area contributed by atoms with Gasteiger partial charge in [0.05, 0.1) is 26.2 Å². The van der Waals surface area contributed by atoms with Gasteiger partial charge in [-0.05, 0) is 6.92 Å². The zero-order valence-electron chi connectivity index (χ0n) is 10.3. The molecule has 0 fully saturated rings. The van der Waals surface area contributed by atoms with E-state index >= 15 is 0 Å². The molecule has 0 aromatic carbocycles. The lowest BCUT2D eigenvalue weighted by Gasteiger charge is -2.13. The predicted molar refractivity (Wildman–Crippen MR) is 62.1 cm³/mol. The average Bonchev–Trinajstić information content (AvgIpc) is 2.24. The van der Waals surface area contributed by atoms with E-state index in [0.29, 0.717) is 19.1 Å². The van der Waals surface area contributed by atoms with Crippen LogP contribution in [0.15, 0.2) is 4.99 Å². The Bertz CT molecular complexity index is 243. The first-order valence-corrected chi connectivity index (χ1v) is 5.14. The fraction of sp³-hybridized carbons (Fsp3) is 0.800. The molecule has 0 aliphatic rings. The molecule has 0 bridgehead atoms. The predicted octanol–water partition coefficient (Wildman–Crippen LogP) is -0.265. The van der Waals surface area contributed by atoms with Crippen molar-refractivity contribution in [2.45, 2.75) is 19.9 Å². The lowest BCUT2D eigenvalue weighted by atomic mass is 10.2. The second-order valence-corrected chi connectivity index (χ2v) is 3.65. The third-order valence-electron chi connectivity index (χ3n) is 1.95. The number of nitrogens with one attached hydrogen (secondary N) is 1. The van der Waals surface area contributed by atoms with Gasteiger partial charge in [-0.1, -0.05) is 6.92 Å². The third kappa shape index (κ3) is 6.23. The number of ether oxygens (including phenoxy) is 2. The molecule has 0 aromatic heterocycles. The summed E-state index contributed by atoms with van der Waals surface area (Å²) in [5.41, 5.74) is 5.63. The first-order valence-electron chi connectivity index (χ1n) is 5.14. The number of hydrogen-bond donors (Lipinski definition) is 2. The van der Waals surface area contributed by atoms with Gasteiger partial charge in [-0.15, -0.1) is 0 Å². The monoisotopic (exact) mass is 231 g/mol. The minimum absolute atomic E-state index is 0.0854. The van der Waals surface area contributed by atoms with Gasteiger partial charge in [0.1, 0.15) is 0 Å². The summed E-state index contributed by atoms with van der Waals surface area (Å²) in [6.45, 7) is 4.52. The molecule has 0 radical (unpaired) electrons. The summed E-state index contributed by atoms with van der Waals surface area (Å²) >= 11 is 0. The molecule has 0 saturated carbocycles. The molecular formula is C10H21N3O3. The van der Waals surface area contributed by atoms with Gasteiger partial charge in [0.2, 0.25) is 0 Å². The normalized spacial score (nSPS) is 15.4. The van der Waals surface area contributed by atoms with E-state index in [2.05, 4.69) is 15.0 Å². The maximum Gasteiger partial charge on any atom is 0.310 e. The van der Waals surface area contributed by atoms with Gasteiger partial charge in [-0.2, -0.15) is 0 Å². The highest BCUT2D eigenvalue weighted by atomic mass is 16.5. The molecule has 6 heteroatoms. The molecule has 0 rings (SSSR count). The van der Waals surface area contributed by atoms with Crippen molar-refractivity contribution in [3.63, 3.8) is 0 Å². The number of guanidine groups is 1. The Labute approximate surface area is 96.2 Å². The molecule has 0 amide bonds. The van der Waals surface area contributed by atoms with Crippen molar-refractivity contribution in [2.24, 2.45) is 16.6 Å². The van der Waals surface area contributed by atoms with Gasteiger partial charge >= 0.3 is 5.97 Å². The van der Waals surface area contributed by atoms with Crippen LogP contribution in [0, 0.1) is 5.92 Å². The zero-order valence-corrected chi connectivity index (χ0v) is 10.3. The molecule has 16 heavy (non-hydrogen) atoms. The van der Waals surface area contributed by atoms with E-state index < -0.39 is 0 Å². The standard InChI is InChI=1S/C10H21N3O3/c1-7(9(14)16-4)5-12-10(11)13-8(2)6-15-3/h7-8H,5-6H2,1-4H3,(H3,11,12,13). The van der Waals surface area contributed by atoms with Crippen LogP contribution in [0.5, 0.6) is 0 Å². The van der Waals surface area contributed by atoms with Gasteiger partial charge in [0.15, 0.2) is 5.96 Å². The first kappa shape index (κ1) is 14.7. The number of aliphatic imine (C=N–C) groups is 1. The van der Waals surface area contributed by atoms with E-state index in [4.69, 9.17) is 10.5 Å². The molecule has 0 aromatic rings. The molecule has 94 valence electrons. The molecule has 6 nitrogen and oxygen atoms in total. The van der Waals surface area contributed by atoms with Crippen molar-refractivity contribution in [1.29, 1.82) is 0 Å². The molecule has 0 heterocycles. The highest BCUT2D eigenvalue weighted by Gasteiger charge is 2.12. The summed E-state index contributed by atoms with van der Waals surface area (Å²) in [7, 11) is 2.97. The maximum atomic E-state index is 11.1. The molecular weight excluding hydrogens is 210 g/mol. The van der Waals surface area contributed by atoms with Crippen LogP contribution in [-0.2, 0) is 14.3 Å². The van der Waals surface area contributed by atoms with Crippen LogP contribution >= 0.6 is 0 Å². The smallest absolute Gasteiger partial charge is 0.310 e. The Morgan fingerprint density at radius 3 is 2.56 bits per heavy atom. The average molecular weight is 231 g/mol. The van der Waals surface area contributed by atoms with Crippen molar-refractivity contribution in [1.82, 2.24) is 5.32 Å². The SMILES string of the molecule is COCC(C)NC(N)=NCC(C)C(=O)OC. The van der Waals surface area contributed by atoms with Gasteiger partial charge in [-0.3, -0.25) is 9.79 Å². The second-order valence-electron chi connectivity index (χ2n) is 3.65. The van der Waals surface area contributed by atoms with E-state index in [1.165, 1.54) is 7.11 Å². The quantitative estimate of drug-likeness (QED) is 0.373. The van der Waals surface area contributed by atoms with Crippen LogP contribution in [0.3, 0.4) is 0 Å². The highest BCUT2D eigenvalue weighted by molar-refractivity contribution is 5.79. The molecule has 0 spiro atoms. The van der Waals surface area contributed by atoms with Gasteiger partial charge in [0.25, 0.3) is 0 Å². The van der Waals surface area contributed by atoms with Gasteiger partial charge in [0, 0.05) is 13.2 Å². The van der Waals surface area contributed by atoms with Crippen LogP contribution in [0.25, 0.3) is 0 Å². The Balaban J connectivity index is 3.99. The highest BCUT2D eigenvalue weighted by Crippen LogP contribution is 1.97. The topological polar surface area (TPSA) is 85.9 Å². The zero-order chi connectivity index (χ0) is 12.6. The van der Waals surface area contributed by atoms with E-state index in [9.17, 15) is 4.79 Å². The fourth-order valence-electron chi connectivity index (χ4n) is 1.10. The van der Waals surface area contributed by atoms with Crippen LogP contribution in [0.4, 0.5) is 0 Å². The number of nitrogens with two attached hydrogens (primary N) is 1. The molecule has 0 saturated heterocycles. The van der Waals surface area contributed by atoms with E-state index in [-0.39, 0.29) is 17.9 Å². The lowest BCUT2D eigenvalue weighted by Crippen LogP contribution is -2.41. The van der Waals surface area contributed by atoms with Gasteiger partial charge < -0.3 is 20.5 Å². The van der Waals surface area contributed by atoms with Crippen molar-refractivity contribution in [3.8, 4) is 0 Å². The minimum Gasteiger partial charge on any atom is -0.469 e. The van der Waals surface area contributed by atoms with Crippen LogP contribution in [-0.4, -0.2) is 45.3 Å². The Morgan fingerprint density at radius 1 is 1.44 bits per heavy atom. The minimum atomic E-state index is -0.290. The summed E-state index contributed by atoms with van der Waals surface area (Å²) in [4.78, 5) is 15.1. The van der Waals surface area contributed by atoms with Crippen molar-refractivity contribution >= 4 is 11.9 Å². The number of carbonyl (C=O) groups is 1. The van der Waals surface area contributed by atoms with Gasteiger partial charge in [-0.25, -0.2) is 0 Å². The maximum absolute atomic E-state index is 11.1. The van der Waals surface area contributed by atoms with Crippen molar-refractivity contribution in [3.05, 3.63) is 0 Å². The number of hydrogen-bond acceptors (Lipinski definition) is 4. The summed E-state index contributed by atoms with van der Waals surface area (Å²) in [6.07, 6.45) is 0. The Hall–Kier alpha value is -1.30. The fourth-order valence-corrected chi connectivity index (χ4v) is 1.10. The second kappa shape index (κ2) is 7.92. The number of methoxy groups -OCH3 is 2.